The maximum atomic E-state index is 6.41. The number of hydrogen-bond acceptors (Lipinski definition) is 2. The summed E-state index contributed by atoms with van der Waals surface area (Å²) in [4.78, 5) is 3.40. The standard InChI is InChI=1S/C21H19ClN2O2.ClH/c1-25-17-11-7-15(8-12-17)23-21(19-5-3-4-6-20(19)22)24-16-9-13-18(26-2)14-10-16;/h3-14H,1-2H3,(H,23,24);1H. The van der Waals surface area contributed by atoms with Gasteiger partial charge in [-0.3, -0.25) is 0 Å². The minimum atomic E-state index is 0. The molecular weight excluding hydrogens is 383 g/mol. The molecule has 3 aromatic rings. The number of anilines is 1. The Labute approximate surface area is 170 Å². The molecule has 2 N–H and O–H groups in total. The van der Waals surface area contributed by atoms with Crippen LogP contribution in [-0.4, -0.2) is 20.1 Å². The zero-order valence-electron chi connectivity index (χ0n) is 15.0. The molecule has 0 fully saturated rings. The van der Waals surface area contributed by atoms with Gasteiger partial charge in [0.25, 0.3) is 5.84 Å². The second kappa shape index (κ2) is 9.86. The highest BCUT2D eigenvalue weighted by atomic mass is 35.5. The predicted octanol–water partition coefficient (Wildman–Crippen LogP) is 0.632. The smallest absolute Gasteiger partial charge is 0.286 e. The summed E-state index contributed by atoms with van der Waals surface area (Å²) in [7, 11) is 3.30. The average Bonchev–Trinajstić information content (AvgIpc) is 2.69. The largest absolute Gasteiger partial charge is 1.00 e. The third-order valence-corrected chi connectivity index (χ3v) is 4.19. The lowest BCUT2D eigenvalue weighted by Crippen LogP contribution is -3.00. The summed E-state index contributed by atoms with van der Waals surface area (Å²) in [5.74, 6) is 2.39. The van der Waals surface area contributed by atoms with Gasteiger partial charge in [0.15, 0.2) is 0 Å². The highest BCUT2D eigenvalue weighted by Crippen LogP contribution is 2.19. The highest BCUT2D eigenvalue weighted by molar-refractivity contribution is 6.34. The number of hydrogen-bond donors (Lipinski definition) is 2. The fourth-order valence-electron chi connectivity index (χ4n) is 2.47. The molecule has 0 radical (unpaired) electrons. The first-order chi connectivity index (χ1) is 12.7. The molecular formula is C21H20Cl2N2O2. The fourth-order valence-corrected chi connectivity index (χ4v) is 2.70. The van der Waals surface area contributed by atoms with Gasteiger partial charge in [-0.05, 0) is 60.7 Å². The Morgan fingerprint density at radius 1 is 0.815 bits per heavy atom. The first kappa shape index (κ1) is 20.6. The van der Waals surface area contributed by atoms with Gasteiger partial charge in [0, 0.05) is 0 Å². The van der Waals surface area contributed by atoms with E-state index >= 15 is 0 Å². The number of nitrogens with one attached hydrogen (secondary N) is 2. The molecule has 0 amide bonds. The van der Waals surface area contributed by atoms with Crippen LogP contribution in [0.1, 0.15) is 5.56 Å². The van der Waals surface area contributed by atoms with Crippen LogP contribution in [0.25, 0.3) is 0 Å². The zero-order valence-corrected chi connectivity index (χ0v) is 16.5. The van der Waals surface area contributed by atoms with Crippen molar-refractivity contribution in [1.82, 2.24) is 0 Å². The Hall–Kier alpha value is -2.69. The normalized spacial score (nSPS) is 10.7. The Balaban J connectivity index is 0.00000261. The number of methoxy groups -OCH3 is 2. The molecule has 0 aromatic heterocycles. The summed E-state index contributed by atoms with van der Waals surface area (Å²) >= 11 is 6.41. The van der Waals surface area contributed by atoms with Crippen LogP contribution >= 0.6 is 11.6 Å². The summed E-state index contributed by atoms with van der Waals surface area (Å²) in [6.07, 6.45) is 0. The zero-order chi connectivity index (χ0) is 18.4. The minimum Gasteiger partial charge on any atom is -1.00 e. The molecule has 0 aliphatic rings. The van der Waals surface area contributed by atoms with Crippen molar-refractivity contribution in [3.05, 3.63) is 83.4 Å². The molecule has 0 unspecified atom stereocenters. The van der Waals surface area contributed by atoms with E-state index in [0.29, 0.717) is 5.02 Å². The summed E-state index contributed by atoms with van der Waals surface area (Å²) in [5.41, 5.74) is 2.71. The van der Waals surface area contributed by atoms with Crippen LogP contribution in [0.4, 0.5) is 11.4 Å². The van der Waals surface area contributed by atoms with Gasteiger partial charge in [-0.15, -0.1) is 0 Å². The Morgan fingerprint density at radius 2 is 1.37 bits per heavy atom. The number of ether oxygens (including phenoxy) is 2. The summed E-state index contributed by atoms with van der Waals surface area (Å²) in [6, 6.07) is 23.1. The Kier molecular flexibility index (Phi) is 7.53. The summed E-state index contributed by atoms with van der Waals surface area (Å²) < 4.78 is 10.4. The molecule has 27 heavy (non-hydrogen) atoms. The third kappa shape index (κ3) is 5.39. The molecule has 0 saturated heterocycles. The molecule has 0 heterocycles. The second-order valence-corrected chi connectivity index (χ2v) is 5.97. The monoisotopic (exact) mass is 402 g/mol. The number of rotatable bonds is 5. The van der Waals surface area contributed by atoms with E-state index in [2.05, 4.69) is 10.3 Å². The van der Waals surface area contributed by atoms with E-state index in [1.165, 1.54) is 0 Å². The van der Waals surface area contributed by atoms with E-state index in [1.807, 2.05) is 72.8 Å². The Morgan fingerprint density at radius 3 is 1.93 bits per heavy atom. The molecule has 0 spiro atoms. The quantitative estimate of drug-likeness (QED) is 0.486. The van der Waals surface area contributed by atoms with E-state index in [-0.39, 0.29) is 12.4 Å². The van der Waals surface area contributed by atoms with Crippen LogP contribution in [0, 0.1) is 0 Å². The van der Waals surface area contributed by atoms with Gasteiger partial charge < -0.3 is 21.9 Å². The van der Waals surface area contributed by atoms with E-state index < -0.39 is 0 Å². The lowest BCUT2D eigenvalue weighted by Gasteiger charge is -2.07. The van der Waals surface area contributed by atoms with Crippen molar-refractivity contribution in [3.63, 3.8) is 0 Å². The molecule has 140 valence electrons. The lowest BCUT2D eigenvalue weighted by atomic mass is 10.2. The van der Waals surface area contributed by atoms with Gasteiger partial charge in [0.1, 0.15) is 22.9 Å². The van der Waals surface area contributed by atoms with Gasteiger partial charge in [-0.25, -0.2) is 10.3 Å². The molecule has 6 heteroatoms. The van der Waals surface area contributed by atoms with Crippen LogP contribution in [0.2, 0.25) is 5.02 Å². The second-order valence-electron chi connectivity index (χ2n) is 5.56. The molecule has 0 atom stereocenters. The van der Waals surface area contributed by atoms with Crippen LogP contribution in [0.5, 0.6) is 11.5 Å². The van der Waals surface area contributed by atoms with Crippen LogP contribution in [0.3, 0.4) is 0 Å². The molecule has 0 aliphatic carbocycles. The molecule has 4 nitrogen and oxygen atoms in total. The minimum absolute atomic E-state index is 0. The first-order valence-electron chi connectivity index (χ1n) is 8.13. The maximum absolute atomic E-state index is 6.41. The molecule has 3 rings (SSSR count). The van der Waals surface area contributed by atoms with Gasteiger partial charge in [-0.2, -0.15) is 0 Å². The van der Waals surface area contributed by atoms with Gasteiger partial charge >= 0.3 is 0 Å². The first-order valence-corrected chi connectivity index (χ1v) is 8.51. The van der Waals surface area contributed by atoms with Crippen molar-refractivity contribution in [2.45, 2.75) is 0 Å². The topological polar surface area (TPSA) is 44.5 Å². The van der Waals surface area contributed by atoms with Crippen molar-refractivity contribution >= 4 is 28.8 Å². The highest BCUT2D eigenvalue weighted by Gasteiger charge is 2.15. The van der Waals surface area contributed by atoms with Crippen LogP contribution in [0.15, 0.2) is 72.8 Å². The maximum Gasteiger partial charge on any atom is 0.286 e. The molecule has 0 saturated carbocycles. The fraction of sp³-hybridized carbons (Fsp3) is 0.0952. The van der Waals surface area contributed by atoms with Crippen LogP contribution < -0.4 is 32.2 Å². The number of halogens is 2. The van der Waals surface area contributed by atoms with Crippen molar-refractivity contribution in [2.24, 2.45) is 0 Å². The van der Waals surface area contributed by atoms with Gasteiger partial charge in [0.2, 0.25) is 0 Å². The van der Waals surface area contributed by atoms with Gasteiger partial charge in [0.05, 0.1) is 24.8 Å². The number of amidine groups is 1. The lowest BCUT2D eigenvalue weighted by molar-refractivity contribution is -0.352. The van der Waals surface area contributed by atoms with Crippen molar-refractivity contribution in [1.29, 1.82) is 0 Å². The van der Waals surface area contributed by atoms with E-state index in [4.69, 9.17) is 21.1 Å². The summed E-state index contributed by atoms with van der Waals surface area (Å²) in [6.45, 7) is 0. The SMILES string of the molecule is COc1ccc(NC(=[NH+]c2ccc(OC)cc2)c2ccccc2Cl)cc1.[Cl-]. The van der Waals surface area contributed by atoms with Crippen molar-refractivity contribution in [2.75, 3.05) is 19.5 Å². The molecule has 0 bridgehead atoms. The van der Waals surface area contributed by atoms with E-state index in [9.17, 15) is 0 Å². The third-order valence-electron chi connectivity index (χ3n) is 3.86. The Bertz CT molecular complexity index is 895. The number of benzene rings is 3. The van der Waals surface area contributed by atoms with Gasteiger partial charge in [-0.1, -0.05) is 23.7 Å². The molecule has 3 aromatic carbocycles. The van der Waals surface area contributed by atoms with E-state index in [0.717, 1.165) is 34.3 Å². The van der Waals surface area contributed by atoms with Crippen molar-refractivity contribution < 1.29 is 26.9 Å². The van der Waals surface area contributed by atoms with Crippen molar-refractivity contribution in [3.8, 4) is 11.5 Å². The van der Waals surface area contributed by atoms with Crippen LogP contribution in [-0.2, 0) is 0 Å². The predicted molar refractivity (Wildman–Crippen MR) is 106 cm³/mol. The van der Waals surface area contributed by atoms with E-state index in [1.54, 1.807) is 14.2 Å². The molecule has 0 aliphatic heterocycles. The average molecular weight is 403 g/mol. The summed E-state index contributed by atoms with van der Waals surface area (Å²) in [5, 5.41) is 4.06.